The largest absolute Gasteiger partial charge is 0.399 e. The van der Waals surface area contributed by atoms with E-state index in [-0.39, 0.29) is 0 Å². The second-order valence-electron chi connectivity index (χ2n) is 5.92. The van der Waals surface area contributed by atoms with Crippen molar-refractivity contribution < 1.29 is 4.84 Å². The van der Waals surface area contributed by atoms with Gasteiger partial charge in [-0.05, 0) is 49.1 Å². The highest BCUT2D eigenvalue weighted by Crippen LogP contribution is 2.37. The molecule has 118 valence electrons. The molecule has 0 spiro atoms. The van der Waals surface area contributed by atoms with E-state index in [2.05, 4.69) is 67.3 Å². The number of halogens is 1. The second-order valence-corrected chi connectivity index (χ2v) is 6.84. The van der Waals surface area contributed by atoms with E-state index in [0.717, 1.165) is 22.9 Å². The maximum absolute atomic E-state index is 4.76. The van der Waals surface area contributed by atoms with E-state index >= 15 is 0 Å². The summed E-state index contributed by atoms with van der Waals surface area (Å²) in [6.45, 7) is 0. The molecule has 4 rings (SSSR count). The first-order valence-corrected chi connectivity index (χ1v) is 8.59. The second kappa shape index (κ2) is 5.89. The molecule has 2 heterocycles. The van der Waals surface area contributed by atoms with Crippen LogP contribution in [0.1, 0.15) is 35.7 Å². The first kappa shape index (κ1) is 14.6. The van der Waals surface area contributed by atoms with Crippen LogP contribution in [0.15, 0.2) is 46.3 Å². The van der Waals surface area contributed by atoms with Gasteiger partial charge in [-0.2, -0.15) is 0 Å². The zero-order valence-electron chi connectivity index (χ0n) is 12.9. The van der Waals surface area contributed by atoms with Crippen molar-refractivity contribution in [2.45, 2.75) is 25.3 Å². The lowest BCUT2D eigenvalue weighted by molar-refractivity contribution is 0.215. The Labute approximate surface area is 143 Å². The van der Waals surface area contributed by atoms with Crippen LogP contribution in [-0.2, 0) is 11.3 Å². The smallest absolute Gasteiger partial charge is 0.106 e. The lowest BCUT2D eigenvalue weighted by Gasteiger charge is -2.24. The molecule has 3 aromatic rings. The fourth-order valence-corrected chi connectivity index (χ4v) is 3.88. The minimum Gasteiger partial charge on any atom is -0.399 e. The summed E-state index contributed by atoms with van der Waals surface area (Å²) in [7, 11) is 1.56. The number of nitrogens with zero attached hydrogens (tertiary/aromatic N) is 2. The molecule has 0 bridgehead atoms. The van der Waals surface area contributed by atoms with Crippen LogP contribution in [0.5, 0.6) is 0 Å². The molecule has 0 radical (unpaired) electrons. The summed E-state index contributed by atoms with van der Waals surface area (Å²) >= 11 is 3.59. The summed E-state index contributed by atoms with van der Waals surface area (Å²) in [6, 6.07) is 8.89. The van der Waals surface area contributed by atoms with Gasteiger partial charge in [0, 0.05) is 39.0 Å². The van der Waals surface area contributed by atoms with Crippen molar-refractivity contribution in [3.63, 3.8) is 0 Å². The molecule has 1 unspecified atom stereocenters. The highest BCUT2D eigenvalue weighted by Gasteiger charge is 2.25. The topological polar surface area (TPSA) is 42.3 Å². The van der Waals surface area contributed by atoms with Crippen LogP contribution in [-0.4, -0.2) is 22.9 Å². The van der Waals surface area contributed by atoms with E-state index in [1.165, 1.54) is 28.6 Å². The molecule has 23 heavy (non-hydrogen) atoms. The maximum Gasteiger partial charge on any atom is 0.106 e. The van der Waals surface area contributed by atoms with Crippen molar-refractivity contribution in [1.82, 2.24) is 9.55 Å². The number of aromatic amines is 1. The molecule has 4 nitrogen and oxygen atoms in total. The average Bonchev–Trinajstić information content (AvgIpc) is 3.17. The summed E-state index contributed by atoms with van der Waals surface area (Å²) in [5, 5.41) is 5.18. The summed E-state index contributed by atoms with van der Waals surface area (Å²) in [5.41, 5.74) is 5.07. The fraction of sp³-hybridized carbons (Fsp3) is 0.278. The number of oxime groups is 1. The van der Waals surface area contributed by atoms with Crippen LogP contribution in [0.2, 0.25) is 0 Å². The lowest BCUT2D eigenvalue weighted by Crippen LogP contribution is -2.15. The molecule has 1 aromatic carbocycles. The highest BCUT2D eigenvalue weighted by molar-refractivity contribution is 9.10. The van der Waals surface area contributed by atoms with Crippen LogP contribution < -0.4 is 0 Å². The molecular weight excluding hydrogens is 354 g/mol. The van der Waals surface area contributed by atoms with Crippen molar-refractivity contribution in [3.8, 4) is 0 Å². The molecular formula is C18H18BrN3O. The van der Waals surface area contributed by atoms with Crippen LogP contribution in [0.25, 0.3) is 10.9 Å². The van der Waals surface area contributed by atoms with Crippen LogP contribution in [0.3, 0.4) is 0 Å². The average molecular weight is 372 g/mol. The minimum atomic E-state index is 0.356. The number of nitrogens with one attached hydrogen (secondary N) is 1. The Balaban J connectivity index is 1.77. The molecule has 1 aliphatic rings. The minimum absolute atomic E-state index is 0.356. The standard InChI is InChI=1S/C18H18BrN3O/c1-23-20-10-12-7-8-22(11-12)17-4-2-3-14-15-9-13(19)5-6-16(15)21-18(14)17/h5-11,17,21H,2-4H2,1H3/b20-10+. The van der Waals surface area contributed by atoms with Crippen LogP contribution >= 0.6 is 15.9 Å². The van der Waals surface area contributed by atoms with Gasteiger partial charge in [0.2, 0.25) is 0 Å². The normalized spacial score (nSPS) is 17.7. The molecule has 0 fully saturated rings. The van der Waals surface area contributed by atoms with E-state index in [9.17, 15) is 0 Å². The van der Waals surface area contributed by atoms with Gasteiger partial charge in [-0.3, -0.25) is 0 Å². The number of hydrogen-bond donors (Lipinski definition) is 1. The Morgan fingerprint density at radius 3 is 3.17 bits per heavy atom. The van der Waals surface area contributed by atoms with Crippen molar-refractivity contribution in [3.05, 3.63) is 58.0 Å². The van der Waals surface area contributed by atoms with E-state index in [1.54, 1.807) is 13.3 Å². The molecule has 0 aliphatic heterocycles. The molecule has 0 saturated carbocycles. The van der Waals surface area contributed by atoms with Crippen LogP contribution in [0, 0.1) is 0 Å². The van der Waals surface area contributed by atoms with E-state index < -0.39 is 0 Å². The van der Waals surface area contributed by atoms with Crippen molar-refractivity contribution in [1.29, 1.82) is 0 Å². The van der Waals surface area contributed by atoms with Gasteiger partial charge in [-0.25, -0.2) is 0 Å². The molecule has 1 atom stereocenters. The van der Waals surface area contributed by atoms with Gasteiger partial charge in [0.1, 0.15) is 7.11 Å². The van der Waals surface area contributed by atoms with Crippen LogP contribution in [0.4, 0.5) is 0 Å². The third-order valence-electron chi connectivity index (χ3n) is 4.54. The first-order valence-electron chi connectivity index (χ1n) is 7.80. The zero-order valence-corrected chi connectivity index (χ0v) is 14.5. The Bertz CT molecular complexity index is 878. The summed E-state index contributed by atoms with van der Waals surface area (Å²) in [5.74, 6) is 0. The Morgan fingerprint density at radius 2 is 2.30 bits per heavy atom. The number of fused-ring (bicyclic) bond motifs is 3. The third-order valence-corrected chi connectivity index (χ3v) is 5.04. The van der Waals surface area contributed by atoms with Gasteiger partial charge >= 0.3 is 0 Å². The van der Waals surface area contributed by atoms with Gasteiger partial charge in [0.15, 0.2) is 0 Å². The molecule has 1 N–H and O–H groups in total. The van der Waals surface area contributed by atoms with Gasteiger partial charge in [0.25, 0.3) is 0 Å². The molecule has 5 heteroatoms. The van der Waals surface area contributed by atoms with Crippen molar-refractivity contribution in [2.75, 3.05) is 7.11 Å². The highest BCUT2D eigenvalue weighted by atomic mass is 79.9. The van der Waals surface area contributed by atoms with Crippen molar-refractivity contribution in [2.24, 2.45) is 5.16 Å². The Morgan fingerprint density at radius 1 is 1.39 bits per heavy atom. The predicted octanol–water partition coefficient (Wildman–Crippen LogP) is 4.64. The van der Waals surface area contributed by atoms with E-state index in [4.69, 9.17) is 4.84 Å². The maximum atomic E-state index is 4.76. The molecule has 0 amide bonds. The number of rotatable bonds is 3. The Kier molecular flexibility index (Phi) is 3.73. The zero-order chi connectivity index (χ0) is 15.8. The number of hydrogen-bond acceptors (Lipinski definition) is 2. The number of benzene rings is 1. The quantitative estimate of drug-likeness (QED) is 0.528. The number of aromatic nitrogens is 2. The first-order chi connectivity index (χ1) is 11.3. The molecule has 0 saturated heterocycles. The Hall–Kier alpha value is -2.01. The summed E-state index contributed by atoms with van der Waals surface area (Å²) in [6.07, 6.45) is 9.49. The number of aryl methyl sites for hydroxylation is 1. The molecule has 1 aliphatic carbocycles. The number of H-pyrrole nitrogens is 1. The van der Waals surface area contributed by atoms with Gasteiger partial charge in [-0.1, -0.05) is 21.1 Å². The fourth-order valence-electron chi connectivity index (χ4n) is 3.52. The summed E-state index contributed by atoms with van der Waals surface area (Å²) in [4.78, 5) is 8.40. The molecule has 2 aromatic heterocycles. The van der Waals surface area contributed by atoms with Gasteiger partial charge < -0.3 is 14.4 Å². The van der Waals surface area contributed by atoms with E-state index in [0.29, 0.717) is 6.04 Å². The van der Waals surface area contributed by atoms with E-state index in [1.807, 2.05) is 0 Å². The predicted molar refractivity (Wildman–Crippen MR) is 96.1 cm³/mol. The third kappa shape index (κ3) is 2.59. The lowest BCUT2D eigenvalue weighted by atomic mass is 9.91. The monoisotopic (exact) mass is 371 g/mol. The van der Waals surface area contributed by atoms with Gasteiger partial charge in [0.05, 0.1) is 12.3 Å². The summed E-state index contributed by atoms with van der Waals surface area (Å²) < 4.78 is 3.41. The van der Waals surface area contributed by atoms with Gasteiger partial charge in [-0.15, -0.1) is 0 Å². The SMILES string of the molecule is CO/N=C/c1ccn(C2CCCc3c2[nH]c2ccc(Br)cc32)c1. The van der Waals surface area contributed by atoms with Crippen molar-refractivity contribution >= 4 is 33.0 Å².